The number of fused-ring (bicyclic) bond motifs is 1. The molecule has 1 heterocycles. The Labute approximate surface area is 131 Å². The number of benzene rings is 2. The van der Waals surface area contributed by atoms with Gasteiger partial charge in [-0.05, 0) is 29.2 Å². The summed E-state index contributed by atoms with van der Waals surface area (Å²) in [5.41, 5.74) is 4.19. The lowest BCUT2D eigenvalue weighted by Crippen LogP contribution is -2.17. The van der Waals surface area contributed by atoms with Gasteiger partial charge in [0.15, 0.2) is 0 Å². The van der Waals surface area contributed by atoms with Gasteiger partial charge in [-0.15, -0.1) is 12.4 Å². The van der Waals surface area contributed by atoms with E-state index in [9.17, 15) is 0 Å². The summed E-state index contributed by atoms with van der Waals surface area (Å²) in [7, 11) is 0. The standard InChI is InChI=1S/C18H19NO.ClH/c1-2-4-14(5-3-1)16-11-17(16)19-12-13-6-7-18-15(10-13)8-9-20-18;/h1-7,10,16-17,19H,8-9,11-12H2;1H/t16-,17+;/m0./s1. The van der Waals surface area contributed by atoms with Crippen molar-refractivity contribution in [3.8, 4) is 5.75 Å². The van der Waals surface area contributed by atoms with Crippen LogP contribution in [0.1, 0.15) is 29.0 Å². The second-order valence-electron chi connectivity index (χ2n) is 5.78. The van der Waals surface area contributed by atoms with E-state index in [4.69, 9.17) is 4.74 Å². The predicted octanol–water partition coefficient (Wildman–Crippen LogP) is 3.69. The second kappa shape index (κ2) is 6.08. The quantitative estimate of drug-likeness (QED) is 0.930. The zero-order valence-corrected chi connectivity index (χ0v) is 12.7. The van der Waals surface area contributed by atoms with E-state index in [1.54, 1.807) is 0 Å². The SMILES string of the molecule is Cl.c1ccc([C@@H]2C[C@H]2NCc2ccc3c(c2)CCO3)cc1. The summed E-state index contributed by atoms with van der Waals surface area (Å²) >= 11 is 0. The topological polar surface area (TPSA) is 21.3 Å². The minimum Gasteiger partial charge on any atom is -0.493 e. The van der Waals surface area contributed by atoms with E-state index in [-0.39, 0.29) is 12.4 Å². The summed E-state index contributed by atoms with van der Waals surface area (Å²) < 4.78 is 5.55. The summed E-state index contributed by atoms with van der Waals surface area (Å²) in [6, 6.07) is 18.0. The Bertz CT molecular complexity index is 614. The molecule has 1 aliphatic carbocycles. The number of hydrogen-bond acceptors (Lipinski definition) is 2. The number of hydrogen-bond donors (Lipinski definition) is 1. The largest absolute Gasteiger partial charge is 0.493 e. The van der Waals surface area contributed by atoms with Gasteiger partial charge in [0.2, 0.25) is 0 Å². The number of ether oxygens (including phenoxy) is 1. The first kappa shape index (κ1) is 14.4. The van der Waals surface area contributed by atoms with E-state index in [1.165, 1.54) is 23.1 Å². The summed E-state index contributed by atoms with van der Waals surface area (Å²) in [5, 5.41) is 3.67. The van der Waals surface area contributed by atoms with Gasteiger partial charge in [0.05, 0.1) is 6.61 Å². The second-order valence-corrected chi connectivity index (χ2v) is 5.78. The summed E-state index contributed by atoms with van der Waals surface area (Å²) in [6.45, 7) is 1.80. The van der Waals surface area contributed by atoms with Gasteiger partial charge in [-0.3, -0.25) is 0 Å². The Morgan fingerprint density at radius 3 is 2.81 bits per heavy atom. The van der Waals surface area contributed by atoms with E-state index in [1.807, 2.05) is 0 Å². The summed E-state index contributed by atoms with van der Waals surface area (Å²) in [5.74, 6) is 1.77. The molecule has 0 saturated heterocycles. The van der Waals surface area contributed by atoms with Crippen LogP contribution in [0.5, 0.6) is 5.75 Å². The molecule has 0 spiro atoms. The van der Waals surface area contributed by atoms with Gasteiger partial charge in [0.1, 0.15) is 5.75 Å². The normalized spacial score (nSPS) is 22.1. The highest BCUT2D eigenvalue weighted by Gasteiger charge is 2.37. The zero-order chi connectivity index (χ0) is 13.4. The molecule has 1 aliphatic heterocycles. The lowest BCUT2D eigenvalue weighted by atomic mass is 10.1. The first-order chi connectivity index (χ1) is 9.90. The highest BCUT2D eigenvalue weighted by molar-refractivity contribution is 5.85. The minimum atomic E-state index is 0. The van der Waals surface area contributed by atoms with Crippen LogP contribution in [0.4, 0.5) is 0 Å². The number of halogens is 1. The van der Waals surface area contributed by atoms with Crippen LogP contribution in [0.2, 0.25) is 0 Å². The van der Waals surface area contributed by atoms with Crippen molar-refractivity contribution in [3.05, 3.63) is 65.2 Å². The Balaban J connectivity index is 0.00000132. The van der Waals surface area contributed by atoms with Crippen molar-refractivity contribution in [3.63, 3.8) is 0 Å². The molecule has 0 radical (unpaired) electrons. The molecule has 1 saturated carbocycles. The fourth-order valence-electron chi connectivity index (χ4n) is 3.09. The van der Waals surface area contributed by atoms with Gasteiger partial charge in [0.25, 0.3) is 0 Å². The van der Waals surface area contributed by atoms with Crippen molar-refractivity contribution >= 4 is 12.4 Å². The molecular weight excluding hydrogens is 282 g/mol. The fraction of sp³-hybridized carbons (Fsp3) is 0.333. The Kier molecular flexibility index (Phi) is 4.18. The Morgan fingerprint density at radius 1 is 1.10 bits per heavy atom. The van der Waals surface area contributed by atoms with Gasteiger partial charge >= 0.3 is 0 Å². The molecule has 2 nitrogen and oxygen atoms in total. The van der Waals surface area contributed by atoms with Gasteiger partial charge in [-0.2, -0.15) is 0 Å². The maximum Gasteiger partial charge on any atom is 0.122 e. The van der Waals surface area contributed by atoms with Crippen molar-refractivity contribution in [1.29, 1.82) is 0 Å². The molecule has 2 aliphatic rings. The lowest BCUT2D eigenvalue weighted by molar-refractivity contribution is 0.357. The van der Waals surface area contributed by atoms with Crippen LogP contribution in [-0.4, -0.2) is 12.6 Å². The van der Waals surface area contributed by atoms with Crippen LogP contribution in [0, 0.1) is 0 Å². The van der Waals surface area contributed by atoms with Gasteiger partial charge in [0, 0.05) is 24.9 Å². The van der Waals surface area contributed by atoms with Crippen LogP contribution in [0.15, 0.2) is 48.5 Å². The highest BCUT2D eigenvalue weighted by Crippen LogP contribution is 2.40. The monoisotopic (exact) mass is 301 g/mol. The van der Waals surface area contributed by atoms with Gasteiger partial charge in [-0.1, -0.05) is 42.5 Å². The maximum absolute atomic E-state index is 5.55. The van der Waals surface area contributed by atoms with Gasteiger partial charge < -0.3 is 10.1 Å². The van der Waals surface area contributed by atoms with Crippen molar-refractivity contribution in [1.82, 2.24) is 5.32 Å². The molecule has 4 rings (SSSR count). The fourth-order valence-corrected chi connectivity index (χ4v) is 3.09. The highest BCUT2D eigenvalue weighted by atomic mass is 35.5. The van der Waals surface area contributed by atoms with Gasteiger partial charge in [-0.25, -0.2) is 0 Å². The Hall–Kier alpha value is -1.51. The summed E-state index contributed by atoms with van der Waals surface area (Å²) in [6.07, 6.45) is 2.32. The van der Waals surface area contributed by atoms with Crippen LogP contribution >= 0.6 is 12.4 Å². The molecule has 0 bridgehead atoms. The third-order valence-corrected chi connectivity index (χ3v) is 4.34. The molecule has 1 fully saturated rings. The smallest absolute Gasteiger partial charge is 0.122 e. The first-order valence-electron chi connectivity index (χ1n) is 7.43. The van der Waals surface area contributed by atoms with E-state index >= 15 is 0 Å². The lowest BCUT2D eigenvalue weighted by Gasteiger charge is -2.06. The molecule has 21 heavy (non-hydrogen) atoms. The van der Waals surface area contributed by atoms with E-state index < -0.39 is 0 Å². The van der Waals surface area contributed by atoms with Crippen molar-refractivity contribution in [2.75, 3.05) is 6.61 Å². The third-order valence-electron chi connectivity index (χ3n) is 4.34. The molecule has 2 aromatic rings. The molecule has 2 aromatic carbocycles. The molecule has 3 heteroatoms. The molecule has 0 amide bonds. The van der Waals surface area contributed by atoms with E-state index in [0.29, 0.717) is 12.0 Å². The van der Waals surface area contributed by atoms with Crippen molar-refractivity contribution in [2.45, 2.75) is 31.3 Å². The first-order valence-corrected chi connectivity index (χ1v) is 7.43. The maximum atomic E-state index is 5.55. The van der Waals surface area contributed by atoms with Crippen LogP contribution in [0.25, 0.3) is 0 Å². The average molecular weight is 302 g/mol. The Morgan fingerprint density at radius 2 is 1.95 bits per heavy atom. The summed E-state index contributed by atoms with van der Waals surface area (Å²) in [4.78, 5) is 0. The molecule has 1 N–H and O–H groups in total. The molecule has 2 atom stereocenters. The van der Waals surface area contributed by atoms with Crippen LogP contribution in [-0.2, 0) is 13.0 Å². The minimum absolute atomic E-state index is 0. The predicted molar refractivity (Wildman–Crippen MR) is 87.3 cm³/mol. The van der Waals surface area contributed by atoms with Crippen molar-refractivity contribution < 1.29 is 4.74 Å². The van der Waals surface area contributed by atoms with E-state index in [0.717, 1.165) is 25.3 Å². The molecule has 110 valence electrons. The van der Waals surface area contributed by atoms with E-state index in [2.05, 4.69) is 53.8 Å². The number of rotatable bonds is 4. The molecule has 0 aromatic heterocycles. The van der Waals surface area contributed by atoms with Crippen LogP contribution in [0.3, 0.4) is 0 Å². The molecule has 0 unspecified atom stereocenters. The average Bonchev–Trinajstić information content (AvgIpc) is 3.13. The number of nitrogens with one attached hydrogen (secondary N) is 1. The third kappa shape index (κ3) is 3.07. The van der Waals surface area contributed by atoms with Crippen LogP contribution < -0.4 is 10.1 Å². The van der Waals surface area contributed by atoms with Crippen molar-refractivity contribution in [2.24, 2.45) is 0 Å². The molecular formula is C18H20ClNO. The zero-order valence-electron chi connectivity index (χ0n) is 11.9.